The maximum Gasteiger partial charge on any atom is 0.322 e. The molecule has 2 aromatic rings. The van der Waals surface area contributed by atoms with Crippen LogP contribution in [0.1, 0.15) is 51.3 Å². The van der Waals surface area contributed by atoms with Gasteiger partial charge in [0.2, 0.25) is 0 Å². The van der Waals surface area contributed by atoms with E-state index in [4.69, 9.17) is 7.80 Å². The number of nitrogens with zero attached hydrogens (tertiary/aromatic N) is 1. The highest BCUT2D eigenvalue weighted by atomic mass is 127. The average Bonchev–Trinajstić information content (AvgIpc) is 2.81. The van der Waals surface area contributed by atoms with Crippen molar-refractivity contribution in [2.24, 2.45) is 0 Å². The van der Waals surface area contributed by atoms with Gasteiger partial charge in [0.25, 0.3) is 5.66 Å². The van der Waals surface area contributed by atoms with Gasteiger partial charge in [0, 0.05) is 12.6 Å². The number of urea groups is 1. The third-order valence-electron chi connectivity index (χ3n) is 6.00. The molecule has 210 valence electrons. The van der Waals surface area contributed by atoms with E-state index in [0.29, 0.717) is 17.3 Å². The van der Waals surface area contributed by atoms with E-state index in [1.807, 2.05) is 19.1 Å². The van der Waals surface area contributed by atoms with E-state index in [1.54, 1.807) is 49.8 Å². The molecule has 0 aromatic heterocycles. The van der Waals surface area contributed by atoms with Crippen molar-refractivity contribution < 1.29 is 30.2 Å². The van der Waals surface area contributed by atoms with Crippen molar-refractivity contribution in [3.8, 4) is 5.75 Å². The van der Waals surface area contributed by atoms with Crippen LogP contribution in [-0.2, 0) is 9.49 Å². The first-order valence-corrected chi connectivity index (χ1v) is 13.9. The number of rotatable bonds is 11. The molecule has 0 heterocycles. The Morgan fingerprint density at radius 3 is 2.47 bits per heavy atom. The second-order valence-electron chi connectivity index (χ2n) is 9.27. The van der Waals surface area contributed by atoms with E-state index in [-0.39, 0.29) is 30.2 Å². The number of benzene rings is 2. The summed E-state index contributed by atoms with van der Waals surface area (Å²) >= 11 is 1.72. The molecule has 0 radical (unpaired) electrons. The van der Waals surface area contributed by atoms with Crippen LogP contribution in [-0.4, -0.2) is 41.4 Å². The van der Waals surface area contributed by atoms with E-state index in [9.17, 15) is 13.6 Å². The lowest BCUT2D eigenvalue weighted by Gasteiger charge is -2.37. The molecule has 2 amide bonds. The first kappa shape index (κ1) is 32.7. The molecule has 5 nitrogen and oxygen atoms in total. The highest BCUT2D eigenvalue weighted by Crippen LogP contribution is 2.37. The van der Waals surface area contributed by atoms with Crippen molar-refractivity contribution in [3.63, 3.8) is 0 Å². The Hall–Kier alpha value is -1.48. The Labute approximate surface area is 240 Å². The van der Waals surface area contributed by atoms with Crippen molar-refractivity contribution in [2.75, 3.05) is 18.5 Å². The molecule has 12 heteroatoms. The molecule has 38 heavy (non-hydrogen) atoms. The lowest BCUT2D eigenvalue weighted by molar-refractivity contribution is -0.00989. The van der Waals surface area contributed by atoms with Crippen LogP contribution in [0.15, 0.2) is 30.3 Å². The van der Waals surface area contributed by atoms with E-state index in [0.717, 1.165) is 24.6 Å². The summed E-state index contributed by atoms with van der Waals surface area (Å²) in [5.41, 5.74) is -3.36. The van der Waals surface area contributed by atoms with Gasteiger partial charge in [0.05, 0.1) is 23.4 Å². The van der Waals surface area contributed by atoms with E-state index < -0.39 is 35.0 Å². The molecule has 2 unspecified atom stereocenters. The quantitative estimate of drug-likeness (QED) is 0.115. The number of aryl methyl sites for hydroxylation is 1. The van der Waals surface area contributed by atoms with Crippen LogP contribution in [0, 0.1) is 5.82 Å². The Bertz CT molecular complexity index is 1180. The molecule has 2 rings (SSSR count). The number of likely N-dealkylation sites (N-methyl/N-ethyl adjacent to an activating group) is 1. The predicted molar refractivity (Wildman–Crippen MR) is 161 cm³/mol. The number of hydrogen-bond acceptors (Lipinski definition) is 3. The highest BCUT2D eigenvalue weighted by molar-refractivity contribution is 14.1. The van der Waals surface area contributed by atoms with Crippen molar-refractivity contribution in [1.82, 2.24) is 4.90 Å². The van der Waals surface area contributed by atoms with Gasteiger partial charge in [-0.1, -0.05) is 34.4 Å². The standard InChI is InChI=1S/C26H33F4IN2O3P2/c1-6-16-9-8-10-23(37)17(16)11-19(27)18-12-20(28)21(13-22(18)36-15(3)26(29,30)38)32-24(34)33(7-2)25(4,5)14-35-31/h8-13,15H,6-7,14,37-38H2,1-5H3,(H,32,34)/b19-11-/t15-/m0/s1. The van der Waals surface area contributed by atoms with E-state index >= 15 is 8.78 Å². The van der Waals surface area contributed by atoms with Crippen molar-refractivity contribution in [2.45, 2.75) is 58.3 Å². The number of carbonyl (C=O) groups is 1. The summed E-state index contributed by atoms with van der Waals surface area (Å²) in [4.78, 5) is 14.4. The predicted octanol–water partition coefficient (Wildman–Crippen LogP) is 7.59. The monoisotopic (exact) mass is 686 g/mol. The fourth-order valence-electron chi connectivity index (χ4n) is 3.76. The van der Waals surface area contributed by atoms with Crippen LogP contribution >= 0.6 is 41.5 Å². The summed E-state index contributed by atoms with van der Waals surface area (Å²) in [6.07, 6.45) is 0.142. The molecule has 0 saturated carbocycles. The lowest BCUT2D eigenvalue weighted by Crippen LogP contribution is -2.51. The number of carbonyl (C=O) groups excluding carboxylic acids is 1. The maximum atomic E-state index is 15.6. The molecular weight excluding hydrogens is 653 g/mol. The van der Waals surface area contributed by atoms with E-state index in [2.05, 4.69) is 14.6 Å². The molecule has 0 spiro atoms. The molecule has 1 N–H and O–H groups in total. The van der Waals surface area contributed by atoms with Crippen LogP contribution in [0.3, 0.4) is 0 Å². The van der Waals surface area contributed by atoms with Gasteiger partial charge in [-0.05, 0) is 62.7 Å². The first-order valence-electron chi connectivity index (χ1n) is 11.9. The molecule has 0 aliphatic heterocycles. The van der Waals surface area contributed by atoms with Gasteiger partial charge in [-0.15, -0.1) is 9.24 Å². The summed E-state index contributed by atoms with van der Waals surface area (Å²) in [5, 5.41) is 3.17. The third kappa shape index (κ3) is 8.26. The highest BCUT2D eigenvalue weighted by Gasteiger charge is 2.34. The van der Waals surface area contributed by atoms with Gasteiger partial charge in [0.1, 0.15) is 40.4 Å². The summed E-state index contributed by atoms with van der Waals surface area (Å²) in [6.45, 7) is 8.82. The number of anilines is 1. The van der Waals surface area contributed by atoms with Gasteiger partial charge in [-0.25, -0.2) is 13.6 Å². The summed E-state index contributed by atoms with van der Waals surface area (Å²) in [7, 11) is 3.89. The van der Waals surface area contributed by atoms with Crippen LogP contribution in [0.2, 0.25) is 0 Å². The molecule has 0 aliphatic carbocycles. The summed E-state index contributed by atoms with van der Waals surface area (Å²) in [6, 6.07) is 6.65. The summed E-state index contributed by atoms with van der Waals surface area (Å²) in [5.74, 6) is -2.18. The fourth-order valence-corrected chi connectivity index (χ4v) is 4.97. The van der Waals surface area contributed by atoms with Gasteiger partial charge in [-0.2, -0.15) is 8.78 Å². The number of halogens is 5. The Morgan fingerprint density at radius 2 is 1.92 bits per heavy atom. The average molecular weight is 686 g/mol. The van der Waals surface area contributed by atoms with Crippen molar-refractivity contribution in [3.05, 3.63) is 52.8 Å². The Kier molecular flexibility index (Phi) is 11.8. The molecular formula is C26H33F4IN2O3P2. The zero-order valence-corrected chi connectivity index (χ0v) is 26.3. The third-order valence-corrected chi connectivity index (χ3v) is 7.28. The minimum atomic E-state index is -3.35. The Morgan fingerprint density at radius 1 is 1.26 bits per heavy atom. The van der Waals surface area contributed by atoms with Gasteiger partial charge in [-0.3, -0.25) is 0 Å². The topological polar surface area (TPSA) is 50.8 Å². The minimum Gasteiger partial charge on any atom is -0.483 e. The smallest absolute Gasteiger partial charge is 0.322 e. The maximum absolute atomic E-state index is 15.6. The number of nitrogens with one attached hydrogen (secondary N) is 1. The molecule has 0 bridgehead atoms. The molecule has 0 fully saturated rings. The summed E-state index contributed by atoms with van der Waals surface area (Å²) < 4.78 is 69.3. The molecule has 0 saturated heterocycles. The van der Waals surface area contributed by atoms with Crippen LogP contribution in [0.25, 0.3) is 11.9 Å². The first-order chi connectivity index (χ1) is 17.7. The number of hydrogen-bond donors (Lipinski definition) is 1. The van der Waals surface area contributed by atoms with Gasteiger partial charge >= 0.3 is 6.03 Å². The second kappa shape index (κ2) is 13.7. The number of amides is 2. The molecule has 3 atom stereocenters. The van der Waals surface area contributed by atoms with Crippen molar-refractivity contribution >= 4 is 70.4 Å². The second-order valence-corrected chi connectivity index (χ2v) is 11.3. The Balaban J connectivity index is 2.60. The van der Waals surface area contributed by atoms with Crippen LogP contribution < -0.4 is 15.4 Å². The van der Waals surface area contributed by atoms with Crippen LogP contribution in [0.5, 0.6) is 5.75 Å². The minimum absolute atomic E-state index is 0.207. The van der Waals surface area contributed by atoms with Crippen molar-refractivity contribution in [1.29, 1.82) is 0 Å². The number of alkyl halides is 2. The van der Waals surface area contributed by atoms with Gasteiger partial charge in [0.15, 0.2) is 6.10 Å². The lowest BCUT2D eigenvalue weighted by atomic mass is 10.0. The zero-order chi connectivity index (χ0) is 28.8. The largest absolute Gasteiger partial charge is 0.483 e. The van der Waals surface area contributed by atoms with Gasteiger partial charge < -0.3 is 18.0 Å². The SMILES string of the molecule is CCc1cccc(P)c1/C=C(\F)c1cc(F)c(NC(=O)N(CC)C(C)(C)COI)cc1O[C@@H](C)C(F)(F)P. The zero-order valence-electron chi connectivity index (χ0n) is 21.9. The number of ether oxygens (including phenoxy) is 1. The van der Waals surface area contributed by atoms with E-state index in [1.165, 1.54) is 20.2 Å². The molecule has 0 aliphatic rings. The van der Waals surface area contributed by atoms with Crippen LogP contribution in [0.4, 0.5) is 28.0 Å². The molecule has 2 aromatic carbocycles. The fraction of sp³-hybridized carbons (Fsp3) is 0.423. The normalized spacial score (nSPS) is 13.3.